The van der Waals surface area contributed by atoms with Gasteiger partial charge in [0.1, 0.15) is 28.9 Å². The topological polar surface area (TPSA) is 593 Å². The van der Waals surface area contributed by atoms with Crippen LogP contribution in [0.4, 0.5) is 0 Å². The lowest BCUT2D eigenvalue weighted by Crippen LogP contribution is -2.35. The first-order chi connectivity index (χ1) is 72.3. The quantitative estimate of drug-likeness (QED) is 0.0154. The molecule has 10 N–H and O–H groups in total. The molecule has 5 heterocycles. The van der Waals surface area contributed by atoms with Gasteiger partial charge in [-0.3, -0.25) is 86.7 Å². The van der Waals surface area contributed by atoms with Gasteiger partial charge in [-0.1, -0.05) is 73.6 Å². The number of ketones is 5. The Hall–Kier alpha value is -8.32. The van der Waals surface area contributed by atoms with E-state index < -0.39 is 30.4 Å². The number of aliphatic hydroxyl groups is 10. The molecule has 0 bridgehead atoms. The van der Waals surface area contributed by atoms with Gasteiger partial charge in [-0.2, -0.15) is 0 Å². The summed E-state index contributed by atoms with van der Waals surface area (Å²) in [5.74, 6) is -2.39. The van der Waals surface area contributed by atoms with Gasteiger partial charge in [0.25, 0.3) is 59.1 Å². The second-order valence-corrected chi connectivity index (χ2v) is 36.1. The zero-order valence-corrected chi connectivity index (χ0v) is 91.2. The molecule has 1 saturated carbocycles. The van der Waals surface area contributed by atoms with Crippen molar-refractivity contribution in [3.05, 3.63) is 48.6 Å². The zero-order chi connectivity index (χ0) is 112. The van der Waals surface area contributed by atoms with E-state index in [2.05, 4.69) is 13.8 Å². The number of amides is 10. The monoisotopic (exact) mass is 2150 g/mol. The van der Waals surface area contributed by atoms with Crippen LogP contribution in [0, 0.1) is 11.8 Å². The number of Topliss-reactive ketones (excluding diaryl/α,β-unsaturated/α-hetero) is 5. The molecule has 2 fully saturated rings. The van der Waals surface area contributed by atoms with Crippen molar-refractivity contribution in [1.29, 1.82) is 0 Å². The van der Waals surface area contributed by atoms with Crippen LogP contribution in [0.3, 0.4) is 0 Å². The number of hydrogen-bond donors (Lipinski definition) is 10. The first kappa shape index (κ1) is 146. The summed E-state index contributed by atoms with van der Waals surface area (Å²) < 4.78 is 54.6. The van der Waals surface area contributed by atoms with E-state index in [1.807, 2.05) is 27.7 Å². The van der Waals surface area contributed by atoms with Crippen LogP contribution < -0.4 is 0 Å². The van der Waals surface area contributed by atoms with Gasteiger partial charge in [-0.25, -0.2) is 4.79 Å². The molecule has 42 nitrogen and oxygen atoms in total. The molecule has 5 aliphatic heterocycles. The van der Waals surface area contributed by atoms with Crippen molar-refractivity contribution in [1.82, 2.24) is 24.7 Å². The Labute approximate surface area is 889 Å². The van der Waals surface area contributed by atoms with Crippen LogP contribution in [-0.2, 0) is 129 Å². The summed E-state index contributed by atoms with van der Waals surface area (Å²) in [7, 11) is 0. The summed E-state index contributed by atoms with van der Waals surface area (Å²) in [5, 5.41) is 86.6. The van der Waals surface area contributed by atoms with E-state index in [9.17, 15) is 76.7 Å². The largest absolute Gasteiger partial charge is 0.396 e. The fourth-order valence-electron chi connectivity index (χ4n) is 13.7. The van der Waals surface area contributed by atoms with Crippen molar-refractivity contribution in [2.45, 2.75) is 376 Å². The maximum absolute atomic E-state index is 11.9. The number of nitrogens with zero attached hydrogens (tertiary/aromatic N) is 5. The SMILES string of the molecule is CC(=O)CC(OCCCCO)OCCCCO.CC(=O)CCCCC(=O)CCN1C(=O)C=CC1=O.CC1CCC(CN2C(=O)C=CC2=O)CC1.CCC(OCCCCO)OCCCCO.CCC(OCCCCO)OCCCCO.CCC(OCCCCO)OCCCCO.CCCCC(=O)CCN1C(=O)C=CC1=O.CCCCCC(=O)CCN1C(=O)C=CC1=O.O=C(CC(OCCCCO)OCCCCO)ON1C(=O)CCC1=O. The Morgan fingerprint density at radius 3 is 0.753 bits per heavy atom. The molecule has 6 rings (SSSR count). The number of carbonyl (C=O) groups excluding carboxylic acids is 16. The third-order valence-electron chi connectivity index (χ3n) is 22.7. The number of hydrogen-bond acceptors (Lipinski definition) is 37. The Morgan fingerprint density at radius 2 is 0.513 bits per heavy atom. The second-order valence-electron chi connectivity index (χ2n) is 36.1. The van der Waals surface area contributed by atoms with E-state index in [0.29, 0.717) is 161 Å². The van der Waals surface area contributed by atoms with Gasteiger partial charge in [-0.15, -0.1) is 5.06 Å². The smallest absolute Gasteiger partial charge is 0.338 e. The standard InChI is InChI=1S/C15H25NO8.C13H17NO4.C12H17NO3.C12H17NO2.C12H24O5.C11H15NO3.3C11H24O4/c17-7-1-3-9-22-15(23-10-4-2-8-18)11-14(21)24-16-12(19)5-6-13(16)20;1-10(15)4-2-3-5-11(16)8-9-14-12(17)6-7-13(14)18;1-2-3-4-5-10(14)8-9-13-11(15)6-7-12(13)16;1-9-2-4-10(5-3-9)8-13-11(14)6-7-12(13)15;1-11(15)10-12(16-8-4-2-6-13)17-9-5-3-7-14;1-2-3-4-9(13)7-8-12-10(14)5-6-11(12)15;3*1-2-11(14-9-5-3-7-12)15-10-6-4-8-13/h15,17-18H,1-11H2;6-7H,2-5,8-9H2,1H3;6-7H,2-5,8-9H2,1H3;6-7,9-10H,2-5,8H2,1H3;12-14H,2-10H2,1H3;5-6H,2-4,7-8H2,1H3;3*11-13H,2-10H2,1H3. The van der Waals surface area contributed by atoms with E-state index in [-0.39, 0.29) is 226 Å². The number of carbonyl (C=O) groups is 16. The number of hydroxylamine groups is 2. The number of ether oxygens (including phenoxy) is 10. The van der Waals surface area contributed by atoms with Crippen LogP contribution in [0.15, 0.2) is 48.6 Å². The highest BCUT2D eigenvalue weighted by Gasteiger charge is 2.35. The molecule has 0 aromatic rings. The van der Waals surface area contributed by atoms with Gasteiger partial charge in [0.2, 0.25) is 0 Å². The predicted octanol–water partition coefficient (Wildman–Crippen LogP) is 9.93. The molecule has 150 heavy (non-hydrogen) atoms. The lowest BCUT2D eigenvalue weighted by Gasteiger charge is -2.28. The van der Waals surface area contributed by atoms with Crippen molar-refractivity contribution in [3.8, 4) is 0 Å². The molecule has 0 spiro atoms. The molecule has 1 aliphatic carbocycles. The van der Waals surface area contributed by atoms with Crippen molar-refractivity contribution >= 4 is 94.0 Å². The lowest BCUT2D eigenvalue weighted by molar-refractivity contribution is -0.207. The highest BCUT2D eigenvalue weighted by atomic mass is 16.7. The van der Waals surface area contributed by atoms with Crippen LogP contribution in [0.1, 0.15) is 344 Å². The lowest BCUT2D eigenvalue weighted by atomic mass is 9.83. The van der Waals surface area contributed by atoms with Crippen molar-refractivity contribution in [3.63, 3.8) is 0 Å². The molecule has 42 heteroatoms. The van der Waals surface area contributed by atoms with E-state index in [0.717, 1.165) is 175 Å². The van der Waals surface area contributed by atoms with Gasteiger partial charge in [0, 0.05) is 265 Å². The molecular formula is C108H187N5O37. The molecule has 0 aromatic carbocycles. The second kappa shape index (κ2) is 102. The molecule has 0 aromatic heterocycles. The van der Waals surface area contributed by atoms with E-state index in [1.165, 1.54) is 80.2 Å². The summed E-state index contributed by atoms with van der Waals surface area (Å²) in [6.07, 6.45) is 39.8. The molecule has 866 valence electrons. The van der Waals surface area contributed by atoms with Crippen LogP contribution in [0.25, 0.3) is 0 Å². The summed E-state index contributed by atoms with van der Waals surface area (Å²) in [5.41, 5.74) is 0. The molecular weight excluding hydrogens is 1960 g/mol. The van der Waals surface area contributed by atoms with Gasteiger partial charge < -0.3 is 108 Å². The van der Waals surface area contributed by atoms with E-state index >= 15 is 0 Å². The van der Waals surface area contributed by atoms with Crippen LogP contribution in [0.5, 0.6) is 0 Å². The van der Waals surface area contributed by atoms with Gasteiger partial charge in [0.15, 0.2) is 31.5 Å². The minimum atomic E-state index is -0.873. The van der Waals surface area contributed by atoms with Crippen LogP contribution in [-0.4, -0.2) is 359 Å². The fraction of sp³-hybridized carbons (Fsp3) is 0.778. The summed E-state index contributed by atoms with van der Waals surface area (Å²) >= 11 is 0. The highest BCUT2D eigenvalue weighted by Crippen LogP contribution is 2.30. The molecule has 1 saturated heterocycles. The zero-order valence-electron chi connectivity index (χ0n) is 91.2. The van der Waals surface area contributed by atoms with Crippen molar-refractivity contribution < 1.29 is 180 Å². The highest BCUT2D eigenvalue weighted by molar-refractivity contribution is 6.15. The average molecular weight is 2150 g/mol. The average Bonchev–Trinajstić information content (AvgIpc) is 1.73. The van der Waals surface area contributed by atoms with Crippen molar-refractivity contribution in [2.75, 3.05) is 158 Å². The molecule has 0 atom stereocenters. The predicted molar refractivity (Wildman–Crippen MR) is 556 cm³/mol. The third kappa shape index (κ3) is 83.2. The first-order valence-electron chi connectivity index (χ1n) is 54.3. The minimum Gasteiger partial charge on any atom is -0.396 e. The van der Waals surface area contributed by atoms with Crippen molar-refractivity contribution in [2.24, 2.45) is 11.8 Å². The number of aliphatic hydroxyl groups excluding tert-OH is 10. The number of rotatable bonds is 81. The maximum atomic E-state index is 11.9. The third-order valence-corrected chi connectivity index (χ3v) is 22.7. The number of imide groups is 5. The van der Waals surface area contributed by atoms with Gasteiger partial charge in [-0.05, 0) is 212 Å². The number of unbranched alkanes of at least 4 members (excludes halogenated alkanes) is 14. The Kier molecular flexibility index (Phi) is 99.6. The Balaban J connectivity index is -0.00000163. The summed E-state index contributed by atoms with van der Waals surface area (Å²) in [6.45, 7) is 23.7. The van der Waals surface area contributed by atoms with E-state index in [4.69, 9.17) is 103 Å². The minimum absolute atomic E-state index is 0.0195. The van der Waals surface area contributed by atoms with E-state index in [1.54, 1.807) is 0 Å². The molecule has 0 radical (unpaired) electrons. The van der Waals surface area contributed by atoms with Crippen LogP contribution >= 0.6 is 0 Å². The Morgan fingerprint density at radius 1 is 0.280 bits per heavy atom. The molecule has 0 unspecified atom stereocenters. The first-order valence-corrected chi connectivity index (χ1v) is 54.3. The maximum Gasteiger partial charge on any atom is 0.338 e. The van der Waals surface area contributed by atoms with Crippen LogP contribution in [0.2, 0.25) is 0 Å². The van der Waals surface area contributed by atoms with Gasteiger partial charge >= 0.3 is 5.97 Å². The summed E-state index contributed by atoms with van der Waals surface area (Å²) in [4.78, 5) is 190. The Bertz CT molecular complexity index is 3490. The molecule has 10 amide bonds. The fourth-order valence-corrected chi connectivity index (χ4v) is 13.7. The summed E-state index contributed by atoms with van der Waals surface area (Å²) in [6, 6.07) is 0. The molecule has 6 aliphatic rings. The normalized spacial score (nSPS) is 14.9. The van der Waals surface area contributed by atoms with Gasteiger partial charge in [0.05, 0.1) is 12.8 Å².